The van der Waals surface area contributed by atoms with Crippen LogP contribution in [0.2, 0.25) is 0 Å². The van der Waals surface area contributed by atoms with Crippen LogP contribution in [-0.2, 0) is 20.9 Å². The number of ketones is 1. The van der Waals surface area contributed by atoms with E-state index in [2.05, 4.69) is 10.6 Å². The molecule has 0 fully saturated rings. The zero-order valence-electron chi connectivity index (χ0n) is 14.8. The Morgan fingerprint density at radius 3 is 2.28 bits per heavy atom. The van der Waals surface area contributed by atoms with Crippen LogP contribution in [0.4, 0.5) is 4.79 Å². The summed E-state index contributed by atoms with van der Waals surface area (Å²) in [7, 11) is 0. The fourth-order valence-corrected chi connectivity index (χ4v) is 2.35. The summed E-state index contributed by atoms with van der Waals surface area (Å²) in [5.41, 5.74) is 0.851. The molecule has 0 heterocycles. The average molecular weight is 369 g/mol. The molecule has 1 aromatic rings. The maximum atomic E-state index is 12.3. The Morgan fingerprint density at radius 2 is 1.72 bits per heavy atom. The summed E-state index contributed by atoms with van der Waals surface area (Å²) >= 11 is 5.49. The first-order chi connectivity index (χ1) is 11.8. The molecule has 25 heavy (non-hydrogen) atoms. The zero-order valence-corrected chi connectivity index (χ0v) is 15.5. The van der Waals surface area contributed by atoms with E-state index in [9.17, 15) is 14.4 Å². The number of alkyl carbamates (subject to hydrolysis) is 1. The Labute approximate surface area is 153 Å². The SMILES string of the molecule is CC(C)CC(NC(=O)OCc1ccccc1)C(=O)NC(C)C(=O)CCl. The van der Waals surface area contributed by atoms with Gasteiger partial charge in [0, 0.05) is 0 Å². The molecular formula is C18H25ClN2O4. The fraction of sp³-hybridized carbons (Fsp3) is 0.500. The van der Waals surface area contributed by atoms with Crippen LogP contribution in [0.3, 0.4) is 0 Å². The summed E-state index contributed by atoms with van der Waals surface area (Å²) in [5, 5.41) is 5.14. The van der Waals surface area contributed by atoms with Crippen molar-refractivity contribution in [2.24, 2.45) is 5.92 Å². The third kappa shape index (κ3) is 8.03. The number of ether oxygens (including phenoxy) is 1. The van der Waals surface area contributed by atoms with Crippen molar-refractivity contribution in [3.05, 3.63) is 35.9 Å². The standard InChI is InChI=1S/C18H25ClN2O4/c1-12(2)9-15(17(23)20-13(3)16(22)10-19)21-18(24)25-11-14-7-5-4-6-8-14/h4-8,12-13,15H,9-11H2,1-3H3,(H,20,23)(H,21,24). The number of benzene rings is 1. The van der Waals surface area contributed by atoms with E-state index >= 15 is 0 Å². The van der Waals surface area contributed by atoms with E-state index in [1.54, 1.807) is 6.92 Å². The maximum absolute atomic E-state index is 12.3. The summed E-state index contributed by atoms with van der Waals surface area (Å²) in [6, 6.07) is 7.75. The topological polar surface area (TPSA) is 84.5 Å². The molecule has 0 aliphatic carbocycles. The second kappa shape index (κ2) is 10.7. The van der Waals surface area contributed by atoms with Crippen LogP contribution in [-0.4, -0.2) is 35.7 Å². The minimum atomic E-state index is -0.783. The van der Waals surface area contributed by atoms with Crippen LogP contribution in [0.15, 0.2) is 30.3 Å². The first-order valence-corrected chi connectivity index (χ1v) is 8.73. The maximum Gasteiger partial charge on any atom is 0.408 e. The van der Waals surface area contributed by atoms with Crippen molar-refractivity contribution in [1.82, 2.24) is 10.6 Å². The van der Waals surface area contributed by atoms with Gasteiger partial charge in [-0.2, -0.15) is 0 Å². The molecule has 1 aromatic carbocycles. The summed E-state index contributed by atoms with van der Waals surface area (Å²) in [6.07, 6.45) is -0.255. The highest BCUT2D eigenvalue weighted by molar-refractivity contribution is 6.28. The van der Waals surface area contributed by atoms with Gasteiger partial charge in [-0.05, 0) is 24.8 Å². The molecule has 0 radical (unpaired) electrons. The number of rotatable bonds is 9. The highest BCUT2D eigenvalue weighted by Gasteiger charge is 2.25. The van der Waals surface area contributed by atoms with Crippen molar-refractivity contribution in [2.75, 3.05) is 5.88 Å². The number of alkyl halides is 1. The molecular weight excluding hydrogens is 344 g/mol. The molecule has 2 N–H and O–H groups in total. The van der Waals surface area contributed by atoms with Gasteiger partial charge in [-0.3, -0.25) is 9.59 Å². The number of carbonyl (C=O) groups excluding carboxylic acids is 3. The Kier molecular flexibility index (Phi) is 8.99. The largest absolute Gasteiger partial charge is 0.445 e. The molecule has 6 nitrogen and oxygen atoms in total. The molecule has 0 saturated heterocycles. The average Bonchev–Trinajstić information content (AvgIpc) is 2.59. The highest BCUT2D eigenvalue weighted by atomic mass is 35.5. The number of hydrogen-bond acceptors (Lipinski definition) is 4. The number of Topliss-reactive ketones (excluding diaryl/α,β-unsaturated/α-hetero) is 1. The van der Waals surface area contributed by atoms with Crippen LogP contribution in [0, 0.1) is 5.92 Å². The van der Waals surface area contributed by atoms with Crippen LogP contribution < -0.4 is 10.6 Å². The zero-order chi connectivity index (χ0) is 18.8. The summed E-state index contributed by atoms with van der Waals surface area (Å²) < 4.78 is 5.15. The summed E-state index contributed by atoms with van der Waals surface area (Å²) in [5.74, 6) is -0.728. The van der Waals surface area contributed by atoms with Gasteiger partial charge < -0.3 is 15.4 Å². The van der Waals surface area contributed by atoms with Crippen molar-refractivity contribution >= 4 is 29.4 Å². The summed E-state index contributed by atoms with van der Waals surface area (Å²) in [4.78, 5) is 35.8. The Balaban J connectivity index is 2.60. The number of carbonyl (C=O) groups is 3. The molecule has 0 saturated carbocycles. The van der Waals surface area contributed by atoms with E-state index in [1.165, 1.54) is 0 Å². The monoisotopic (exact) mass is 368 g/mol. The number of amides is 2. The van der Waals surface area contributed by atoms with Crippen molar-refractivity contribution < 1.29 is 19.1 Å². The number of hydrogen-bond donors (Lipinski definition) is 2. The molecule has 0 bridgehead atoms. The predicted molar refractivity (Wildman–Crippen MR) is 96.3 cm³/mol. The van der Waals surface area contributed by atoms with Gasteiger partial charge in [0.2, 0.25) is 5.91 Å². The van der Waals surface area contributed by atoms with Crippen LogP contribution >= 0.6 is 11.6 Å². The third-order valence-corrected chi connectivity index (χ3v) is 3.77. The molecule has 138 valence electrons. The Morgan fingerprint density at radius 1 is 1.08 bits per heavy atom. The predicted octanol–water partition coefficient (Wildman–Crippen LogP) is 2.64. The molecule has 0 aromatic heterocycles. The molecule has 0 aliphatic rings. The molecule has 2 unspecified atom stereocenters. The third-order valence-electron chi connectivity index (χ3n) is 3.50. The van der Waals surface area contributed by atoms with Gasteiger partial charge in [0.1, 0.15) is 12.6 Å². The minimum Gasteiger partial charge on any atom is -0.445 e. The van der Waals surface area contributed by atoms with Gasteiger partial charge in [0.15, 0.2) is 5.78 Å². The van der Waals surface area contributed by atoms with Crippen molar-refractivity contribution in [1.29, 1.82) is 0 Å². The molecule has 7 heteroatoms. The summed E-state index contributed by atoms with van der Waals surface area (Å²) in [6.45, 7) is 5.54. The van der Waals surface area contributed by atoms with Crippen LogP contribution in [0.1, 0.15) is 32.8 Å². The Bertz CT molecular complexity index is 578. The quantitative estimate of drug-likeness (QED) is 0.656. The number of halogens is 1. The van der Waals surface area contributed by atoms with E-state index < -0.39 is 24.1 Å². The first-order valence-electron chi connectivity index (χ1n) is 8.19. The Hall–Kier alpha value is -2.08. The van der Waals surface area contributed by atoms with Gasteiger partial charge in [-0.1, -0.05) is 44.2 Å². The van der Waals surface area contributed by atoms with Crippen LogP contribution in [0.5, 0.6) is 0 Å². The van der Waals surface area contributed by atoms with E-state index in [0.717, 1.165) is 5.56 Å². The van der Waals surface area contributed by atoms with Gasteiger partial charge in [0.05, 0.1) is 11.9 Å². The van der Waals surface area contributed by atoms with E-state index in [0.29, 0.717) is 6.42 Å². The van der Waals surface area contributed by atoms with E-state index in [4.69, 9.17) is 16.3 Å². The van der Waals surface area contributed by atoms with Gasteiger partial charge in [-0.15, -0.1) is 11.6 Å². The lowest BCUT2D eigenvalue weighted by Gasteiger charge is -2.21. The number of nitrogens with one attached hydrogen (secondary N) is 2. The van der Waals surface area contributed by atoms with E-state index in [1.807, 2.05) is 44.2 Å². The van der Waals surface area contributed by atoms with Gasteiger partial charge in [0.25, 0.3) is 0 Å². The van der Waals surface area contributed by atoms with Crippen LogP contribution in [0.25, 0.3) is 0 Å². The van der Waals surface area contributed by atoms with Gasteiger partial charge >= 0.3 is 6.09 Å². The molecule has 1 rings (SSSR count). The van der Waals surface area contributed by atoms with E-state index in [-0.39, 0.29) is 24.2 Å². The fourth-order valence-electron chi connectivity index (χ4n) is 2.12. The van der Waals surface area contributed by atoms with Crippen molar-refractivity contribution in [3.63, 3.8) is 0 Å². The molecule has 0 aliphatic heterocycles. The van der Waals surface area contributed by atoms with Gasteiger partial charge in [-0.25, -0.2) is 4.79 Å². The lowest BCUT2D eigenvalue weighted by atomic mass is 10.0. The first kappa shape index (κ1) is 21.0. The smallest absolute Gasteiger partial charge is 0.408 e. The molecule has 2 atom stereocenters. The second-order valence-corrected chi connectivity index (χ2v) is 6.49. The highest BCUT2D eigenvalue weighted by Crippen LogP contribution is 2.07. The lowest BCUT2D eigenvalue weighted by Crippen LogP contribution is -2.51. The van der Waals surface area contributed by atoms with Crippen molar-refractivity contribution in [2.45, 2.75) is 45.9 Å². The molecule has 2 amide bonds. The normalized spacial score (nSPS) is 13.0. The second-order valence-electron chi connectivity index (χ2n) is 6.22. The van der Waals surface area contributed by atoms with Crippen molar-refractivity contribution in [3.8, 4) is 0 Å². The molecule has 0 spiro atoms. The minimum absolute atomic E-state index is 0.115. The lowest BCUT2D eigenvalue weighted by molar-refractivity contribution is -0.128.